The molecule has 112 valence electrons. The van der Waals surface area contributed by atoms with Crippen LogP contribution in [0.25, 0.3) is 0 Å². The number of benzene rings is 1. The highest BCUT2D eigenvalue weighted by molar-refractivity contribution is 9.10. The monoisotopic (exact) mass is 361 g/mol. The molecular formula is C13H11BrF3N3O. The molecule has 1 aromatic carbocycles. The van der Waals surface area contributed by atoms with E-state index in [1.54, 1.807) is 18.6 Å². The van der Waals surface area contributed by atoms with Crippen molar-refractivity contribution in [2.45, 2.75) is 19.3 Å². The highest BCUT2D eigenvalue weighted by Crippen LogP contribution is 2.33. The summed E-state index contributed by atoms with van der Waals surface area (Å²) in [7, 11) is 0. The molecule has 1 N–H and O–H groups in total. The first kappa shape index (κ1) is 15.6. The van der Waals surface area contributed by atoms with Crippen molar-refractivity contribution in [1.29, 1.82) is 0 Å². The molecular weight excluding hydrogens is 351 g/mol. The molecule has 0 bridgehead atoms. The van der Waals surface area contributed by atoms with Gasteiger partial charge in [0.05, 0.1) is 22.4 Å². The lowest BCUT2D eigenvalue weighted by Gasteiger charge is -2.16. The molecule has 2 aromatic rings. The van der Waals surface area contributed by atoms with Crippen molar-refractivity contribution < 1.29 is 17.9 Å². The van der Waals surface area contributed by atoms with Crippen LogP contribution in [0, 0.1) is 0 Å². The smallest absolute Gasteiger partial charge is 0.405 e. The van der Waals surface area contributed by atoms with E-state index in [0.29, 0.717) is 5.69 Å². The fourth-order valence-electron chi connectivity index (χ4n) is 1.66. The Hall–Kier alpha value is -1.83. The number of nitrogens with one attached hydrogen (secondary N) is 1. The molecule has 21 heavy (non-hydrogen) atoms. The molecule has 4 nitrogen and oxygen atoms in total. The second-order valence-corrected chi connectivity index (χ2v) is 5.04. The van der Waals surface area contributed by atoms with E-state index in [0.717, 1.165) is 5.69 Å². The average molecular weight is 362 g/mol. The molecule has 0 aliphatic carbocycles. The van der Waals surface area contributed by atoms with Gasteiger partial charge in [0.1, 0.15) is 5.75 Å². The highest BCUT2D eigenvalue weighted by Gasteiger charge is 2.31. The van der Waals surface area contributed by atoms with Crippen molar-refractivity contribution in [3.05, 3.63) is 47.0 Å². The summed E-state index contributed by atoms with van der Waals surface area (Å²) in [5.74, 6) is -0.291. The van der Waals surface area contributed by atoms with Gasteiger partial charge in [-0.1, -0.05) is 0 Å². The summed E-state index contributed by atoms with van der Waals surface area (Å²) in [6.45, 7) is 1.87. The van der Waals surface area contributed by atoms with Gasteiger partial charge < -0.3 is 10.1 Å². The molecule has 2 rings (SSSR count). The van der Waals surface area contributed by atoms with Gasteiger partial charge in [0, 0.05) is 18.1 Å². The van der Waals surface area contributed by atoms with Crippen LogP contribution in [0.1, 0.15) is 18.7 Å². The lowest BCUT2D eigenvalue weighted by Crippen LogP contribution is -2.17. The van der Waals surface area contributed by atoms with Gasteiger partial charge in [0.15, 0.2) is 0 Å². The Morgan fingerprint density at radius 2 is 2.05 bits per heavy atom. The van der Waals surface area contributed by atoms with Gasteiger partial charge in [-0.3, -0.25) is 9.97 Å². The fourth-order valence-corrected chi connectivity index (χ4v) is 2.12. The van der Waals surface area contributed by atoms with Crippen LogP contribution in [0.2, 0.25) is 0 Å². The maximum atomic E-state index is 12.2. The van der Waals surface area contributed by atoms with Crippen molar-refractivity contribution >= 4 is 21.6 Å². The van der Waals surface area contributed by atoms with Gasteiger partial charge in [0.2, 0.25) is 0 Å². The number of hydrogen-bond donors (Lipinski definition) is 1. The van der Waals surface area contributed by atoms with E-state index in [2.05, 4.69) is 36.0 Å². The number of rotatable bonds is 4. The molecule has 0 fully saturated rings. The zero-order valence-electron chi connectivity index (χ0n) is 10.9. The molecule has 0 spiro atoms. The van der Waals surface area contributed by atoms with E-state index in [4.69, 9.17) is 0 Å². The quantitative estimate of drug-likeness (QED) is 0.881. The van der Waals surface area contributed by atoms with Crippen LogP contribution in [0.3, 0.4) is 0 Å². The van der Waals surface area contributed by atoms with Crippen molar-refractivity contribution in [3.63, 3.8) is 0 Å². The Labute approximate surface area is 127 Å². The van der Waals surface area contributed by atoms with E-state index in [1.165, 1.54) is 18.2 Å². The third-order valence-electron chi connectivity index (χ3n) is 2.57. The minimum Gasteiger partial charge on any atom is -0.405 e. The number of aromatic nitrogens is 2. The van der Waals surface area contributed by atoms with E-state index in [9.17, 15) is 13.2 Å². The van der Waals surface area contributed by atoms with Crippen LogP contribution in [0.4, 0.5) is 18.9 Å². The zero-order chi connectivity index (χ0) is 15.5. The van der Waals surface area contributed by atoms with Gasteiger partial charge in [-0.05, 0) is 41.1 Å². The molecule has 0 radical (unpaired) electrons. The summed E-state index contributed by atoms with van der Waals surface area (Å²) in [6, 6.07) is 4.11. The molecule has 0 amide bonds. The first-order valence-electron chi connectivity index (χ1n) is 5.93. The second-order valence-electron chi connectivity index (χ2n) is 4.19. The lowest BCUT2D eigenvalue weighted by atomic mass is 10.2. The highest BCUT2D eigenvalue weighted by atomic mass is 79.9. The van der Waals surface area contributed by atoms with Crippen molar-refractivity contribution in [2.24, 2.45) is 0 Å². The molecule has 1 atom stereocenters. The Morgan fingerprint density at radius 3 is 2.62 bits per heavy atom. The van der Waals surface area contributed by atoms with Crippen molar-refractivity contribution in [2.75, 3.05) is 5.32 Å². The SMILES string of the molecule is CC(Nc1ccc(OC(F)(F)F)c(Br)c1)c1cnccn1. The van der Waals surface area contributed by atoms with Crippen molar-refractivity contribution in [3.8, 4) is 5.75 Å². The Balaban J connectivity index is 2.10. The standard InChI is InChI=1S/C13H11BrF3N3O/c1-8(11-7-18-4-5-19-11)20-9-2-3-12(10(14)6-9)21-13(15,16)17/h2-8,20H,1H3. The maximum Gasteiger partial charge on any atom is 0.573 e. The molecule has 8 heteroatoms. The largest absolute Gasteiger partial charge is 0.573 e. The first-order chi connectivity index (χ1) is 9.85. The summed E-state index contributed by atoms with van der Waals surface area (Å²) in [5.41, 5.74) is 1.36. The minimum absolute atomic E-state index is 0.139. The van der Waals surface area contributed by atoms with Crippen LogP contribution < -0.4 is 10.1 Å². The summed E-state index contributed by atoms with van der Waals surface area (Å²) in [5, 5.41) is 3.12. The Morgan fingerprint density at radius 1 is 1.29 bits per heavy atom. The topological polar surface area (TPSA) is 47.0 Å². The average Bonchev–Trinajstić information content (AvgIpc) is 2.41. The van der Waals surface area contributed by atoms with Gasteiger partial charge >= 0.3 is 6.36 Å². The summed E-state index contributed by atoms with van der Waals surface area (Å²) >= 11 is 3.05. The lowest BCUT2D eigenvalue weighted by molar-refractivity contribution is -0.274. The number of halogens is 4. The number of nitrogens with zero attached hydrogens (tertiary/aromatic N) is 2. The first-order valence-corrected chi connectivity index (χ1v) is 6.72. The predicted molar refractivity (Wildman–Crippen MR) is 74.9 cm³/mol. The van der Waals surface area contributed by atoms with Crippen LogP contribution in [-0.2, 0) is 0 Å². The molecule has 0 saturated heterocycles. The summed E-state index contributed by atoms with van der Waals surface area (Å²) in [6.07, 6.45) is 0.0397. The predicted octanol–water partition coefficient (Wildman–Crippen LogP) is 4.31. The maximum absolute atomic E-state index is 12.2. The minimum atomic E-state index is -4.72. The van der Waals surface area contributed by atoms with Crippen LogP contribution in [-0.4, -0.2) is 16.3 Å². The van der Waals surface area contributed by atoms with Crippen LogP contribution >= 0.6 is 15.9 Å². The van der Waals surface area contributed by atoms with Crippen LogP contribution in [0.5, 0.6) is 5.75 Å². The van der Waals surface area contributed by atoms with Gasteiger partial charge in [-0.25, -0.2) is 0 Å². The fraction of sp³-hybridized carbons (Fsp3) is 0.231. The number of hydrogen-bond acceptors (Lipinski definition) is 4. The van der Waals surface area contributed by atoms with Gasteiger partial charge in [0.25, 0.3) is 0 Å². The summed E-state index contributed by atoms with van der Waals surface area (Å²) < 4.78 is 40.6. The number of ether oxygens (including phenoxy) is 1. The van der Waals surface area contributed by atoms with E-state index < -0.39 is 6.36 Å². The van der Waals surface area contributed by atoms with E-state index in [-0.39, 0.29) is 16.3 Å². The Bertz CT molecular complexity index is 607. The molecule has 1 aromatic heterocycles. The van der Waals surface area contributed by atoms with Gasteiger partial charge in [-0.15, -0.1) is 13.2 Å². The van der Waals surface area contributed by atoms with Crippen molar-refractivity contribution in [1.82, 2.24) is 9.97 Å². The third-order valence-corrected chi connectivity index (χ3v) is 3.19. The number of anilines is 1. The zero-order valence-corrected chi connectivity index (χ0v) is 12.4. The molecule has 1 heterocycles. The molecule has 0 aliphatic rings. The molecule has 0 saturated carbocycles. The summed E-state index contributed by atoms with van der Waals surface area (Å²) in [4.78, 5) is 8.12. The number of alkyl halides is 3. The third kappa shape index (κ3) is 4.59. The second kappa shape index (κ2) is 6.30. The van der Waals surface area contributed by atoms with E-state index >= 15 is 0 Å². The normalized spacial score (nSPS) is 12.8. The Kier molecular flexibility index (Phi) is 4.66. The molecule has 1 unspecified atom stereocenters. The van der Waals surface area contributed by atoms with Crippen LogP contribution in [0.15, 0.2) is 41.3 Å². The molecule has 0 aliphatic heterocycles. The van der Waals surface area contributed by atoms with Gasteiger partial charge in [-0.2, -0.15) is 0 Å². The van der Waals surface area contributed by atoms with E-state index in [1.807, 2.05) is 6.92 Å².